The molecule has 2 heterocycles. The van der Waals surface area contributed by atoms with Gasteiger partial charge in [-0.15, -0.1) is 5.10 Å². The number of nitrogens with zero attached hydrogens (tertiary/aromatic N) is 5. The van der Waals surface area contributed by atoms with Crippen LogP contribution in [0.3, 0.4) is 0 Å². The van der Waals surface area contributed by atoms with Gasteiger partial charge < -0.3 is 4.90 Å². The van der Waals surface area contributed by atoms with Crippen molar-refractivity contribution in [2.75, 3.05) is 6.54 Å². The Hall–Kier alpha value is -3.95. The molecule has 0 fully saturated rings. The van der Waals surface area contributed by atoms with Crippen molar-refractivity contribution in [3.8, 4) is 11.4 Å². The Kier molecular flexibility index (Phi) is 6.23. The zero-order chi connectivity index (χ0) is 24.5. The molecule has 2 aromatic heterocycles. The summed E-state index contributed by atoms with van der Waals surface area (Å²) in [6.45, 7) is 4.12. The molecule has 0 aliphatic heterocycles. The molecule has 7 nitrogen and oxygen atoms in total. The van der Waals surface area contributed by atoms with Crippen LogP contribution in [0.2, 0.25) is 0 Å². The summed E-state index contributed by atoms with van der Waals surface area (Å²) in [5.74, 6) is -0.123. The van der Waals surface area contributed by atoms with Crippen LogP contribution < -0.4 is 5.69 Å². The molecule has 0 unspecified atom stereocenters. The summed E-state index contributed by atoms with van der Waals surface area (Å²) in [5.41, 5.74) is 0.684. The summed E-state index contributed by atoms with van der Waals surface area (Å²) in [6.07, 6.45) is -4.47. The van der Waals surface area contributed by atoms with Gasteiger partial charge in [0, 0.05) is 30.4 Å². The van der Waals surface area contributed by atoms with Crippen LogP contribution >= 0.6 is 0 Å². The van der Waals surface area contributed by atoms with Gasteiger partial charge in [-0.25, -0.2) is 18.9 Å². The Labute approximate surface area is 193 Å². The minimum atomic E-state index is -4.47. The lowest BCUT2D eigenvalue weighted by atomic mass is 10.1. The molecule has 0 aliphatic rings. The van der Waals surface area contributed by atoms with Gasteiger partial charge in [0.15, 0.2) is 5.65 Å². The second-order valence-corrected chi connectivity index (χ2v) is 7.82. The van der Waals surface area contributed by atoms with Crippen molar-refractivity contribution < 1.29 is 18.0 Å². The highest BCUT2D eigenvalue weighted by molar-refractivity contribution is 5.76. The normalized spacial score (nSPS) is 11.7. The van der Waals surface area contributed by atoms with Crippen LogP contribution in [-0.2, 0) is 24.1 Å². The van der Waals surface area contributed by atoms with Crippen molar-refractivity contribution in [2.24, 2.45) is 0 Å². The summed E-state index contributed by atoms with van der Waals surface area (Å²) in [7, 11) is 0. The van der Waals surface area contributed by atoms with E-state index < -0.39 is 17.4 Å². The lowest BCUT2D eigenvalue weighted by Gasteiger charge is -2.20. The van der Waals surface area contributed by atoms with Crippen LogP contribution in [0.5, 0.6) is 0 Å². The molecular weight excluding hydrogens is 447 g/mol. The molecule has 0 atom stereocenters. The first-order valence-corrected chi connectivity index (χ1v) is 10.6. The number of benzene rings is 2. The predicted octanol–water partition coefficient (Wildman–Crippen LogP) is 3.93. The van der Waals surface area contributed by atoms with E-state index in [2.05, 4.69) is 10.1 Å². The van der Waals surface area contributed by atoms with Gasteiger partial charge in [0.25, 0.3) is 0 Å². The summed E-state index contributed by atoms with van der Waals surface area (Å²) >= 11 is 0. The number of hydrogen-bond donors (Lipinski definition) is 0. The van der Waals surface area contributed by atoms with Crippen LogP contribution in [-0.4, -0.2) is 36.5 Å². The van der Waals surface area contributed by atoms with E-state index in [4.69, 9.17) is 0 Å². The van der Waals surface area contributed by atoms with Crippen LogP contribution in [0.1, 0.15) is 23.7 Å². The Bertz CT molecular complexity index is 1380. The summed E-state index contributed by atoms with van der Waals surface area (Å²) in [5, 5.41) is 4.28. The topological polar surface area (TPSA) is 72.5 Å². The van der Waals surface area contributed by atoms with Crippen LogP contribution in [0.25, 0.3) is 17.0 Å². The number of alkyl halides is 3. The highest BCUT2D eigenvalue weighted by atomic mass is 19.4. The smallest absolute Gasteiger partial charge is 0.337 e. The van der Waals surface area contributed by atoms with Crippen LogP contribution in [0.4, 0.5) is 13.2 Å². The van der Waals surface area contributed by atoms with E-state index in [9.17, 15) is 22.8 Å². The number of aromatic nitrogens is 4. The van der Waals surface area contributed by atoms with Crippen molar-refractivity contribution in [2.45, 2.75) is 33.1 Å². The number of aryl methyl sites for hydroxylation is 1. The lowest BCUT2D eigenvalue weighted by Crippen LogP contribution is -2.36. The van der Waals surface area contributed by atoms with Crippen molar-refractivity contribution in [1.29, 1.82) is 0 Å². The standard InChI is InChI=1S/C24H22F3N5O2/c1-3-30(14-17-7-5-4-6-8-17)21(33)15-31-23(34)32-20(29-31)13-16(2)28-22(32)18-9-11-19(12-10-18)24(25,26)27/h4-13H,3,14-15H2,1-2H3. The number of carbonyl (C=O) groups excluding carboxylic acids is 1. The monoisotopic (exact) mass is 469 g/mol. The molecule has 0 saturated heterocycles. The number of carbonyl (C=O) groups is 1. The number of likely N-dealkylation sites (N-methyl/N-ethyl adjacent to an activating group) is 1. The molecule has 4 rings (SSSR count). The fraction of sp³-hybridized carbons (Fsp3) is 0.250. The summed E-state index contributed by atoms with van der Waals surface area (Å²) in [4.78, 5) is 32.0. The third-order valence-corrected chi connectivity index (χ3v) is 5.40. The molecule has 0 N–H and O–H groups in total. The molecular formula is C24H22F3N5O2. The molecule has 4 aromatic rings. The highest BCUT2D eigenvalue weighted by Crippen LogP contribution is 2.30. The van der Waals surface area contributed by atoms with Crippen LogP contribution in [0, 0.1) is 6.92 Å². The Morgan fingerprint density at radius 1 is 1.06 bits per heavy atom. The highest BCUT2D eigenvalue weighted by Gasteiger charge is 2.30. The Balaban J connectivity index is 1.67. The van der Waals surface area contributed by atoms with Gasteiger partial charge in [-0.05, 0) is 31.5 Å². The first kappa shape index (κ1) is 23.2. The maximum atomic E-state index is 13.1. The first-order valence-electron chi connectivity index (χ1n) is 10.6. The largest absolute Gasteiger partial charge is 0.416 e. The molecule has 176 valence electrons. The van der Waals surface area contributed by atoms with Gasteiger partial charge in [0.1, 0.15) is 12.4 Å². The molecule has 1 amide bonds. The molecule has 10 heteroatoms. The number of hydrogen-bond acceptors (Lipinski definition) is 4. The minimum Gasteiger partial charge on any atom is -0.337 e. The first-order chi connectivity index (χ1) is 16.2. The number of amides is 1. The average Bonchev–Trinajstić information content (AvgIpc) is 3.11. The van der Waals surface area contributed by atoms with E-state index >= 15 is 0 Å². The van der Waals surface area contributed by atoms with E-state index in [1.165, 1.54) is 16.5 Å². The number of halogens is 3. The summed E-state index contributed by atoms with van der Waals surface area (Å²) < 4.78 is 41.1. The van der Waals surface area contributed by atoms with Gasteiger partial charge in [-0.3, -0.25) is 4.79 Å². The van der Waals surface area contributed by atoms with E-state index in [1.807, 2.05) is 37.3 Å². The fourth-order valence-electron chi connectivity index (χ4n) is 3.67. The third kappa shape index (κ3) is 4.70. The second-order valence-electron chi connectivity index (χ2n) is 7.82. The molecule has 0 aliphatic carbocycles. The SMILES string of the molecule is CCN(Cc1ccccc1)C(=O)Cn1nc2cc(C)nc(-c3ccc(C(F)(F)F)cc3)n2c1=O. The maximum Gasteiger partial charge on any atom is 0.416 e. The zero-order valence-corrected chi connectivity index (χ0v) is 18.6. The zero-order valence-electron chi connectivity index (χ0n) is 18.6. The molecule has 34 heavy (non-hydrogen) atoms. The maximum absolute atomic E-state index is 13.1. The minimum absolute atomic E-state index is 0.157. The van der Waals surface area contributed by atoms with E-state index in [0.717, 1.165) is 22.4 Å². The van der Waals surface area contributed by atoms with Gasteiger partial charge >= 0.3 is 11.9 Å². The van der Waals surface area contributed by atoms with Gasteiger partial charge in [0.05, 0.1) is 5.56 Å². The van der Waals surface area contributed by atoms with Crippen molar-refractivity contribution in [3.05, 3.63) is 88.0 Å². The van der Waals surface area contributed by atoms with Crippen molar-refractivity contribution in [1.82, 2.24) is 24.1 Å². The van der Waals surface area contributed by atoms with E-state index in [0.29, 0.717) is 24.3 Å². The molecule has 2 aromatic carbocycles. The molecule has 0 spiro atoms. The third-order valence-electron chi connectivity index (χ3n) is 5.40. The van der Waals surface area contributed by atoms with Gasteiger partial charge in [-0.1, -0.05) is 42.5 Å². The average molecular weight is 469 g/mol. The van der Waals surface area contributed by atoms with Gasteiger partial charge in [-0.2, -0.15) is 13.2 Å². The molecule has 0 radical (unpaired) electrons. The molecule has 0 bridgehead atoms. The molecule has 0 saturated carbocycles. The van der Waals surface area contributed by atoms with Crippen molar-refractivity contribution in [3.63, 3.8) is 0 Å². The Morgan fingerprint density at radius 2 is 1.74 bits per heavy atom. The van der Waals surface area contributed by atoms with Gasteiger partial charge in [0.2, 0.25) is 5.91 Å². The van der Waals surface area contributed by atoms with Crippen molar-refractivity contribution >= 4 is 11.6 Å². The summed E-state index contributed by atoms with van der Waals surface area (Å²) in [6, 6.07) is 15.5. The Morgan fingerprint density at radius 3 is 2.35 bits per heavy atom. The van der Waals surface area contributed by atoms with E-state index in [1.54, 1.807) is 17.9 Å². The predicted molar refractivity (Wildman–Crippen MR) is 120 cm³/mol. The lowest BCUT2D eigenvalue weighted by molar-refractivity contribution is -0.137. The fourth-order valence-corrected chi connectivity index (χ4v) is 3.67. The van der Waals surface area contributed by atoms with Crippen LogP contribution in [0.15, 0.2) is 65.5 Å². The number of rotatable bonds is 6. The van der Waals surface area contributed by atoms with E-state index in [-0.39, 0.29) is 23.9 Å². The number of fused-ring (bicyclic) bond motifs is 1. The quantitative estimate of drug-likeness (QED) is 0.429. The second kappa shape index (κ2) is 9.12.